The minimum absolute atomic E-state index is 0.855. The molecule has 0 radical (unpaired) electrons. The van der Waals surface area contributed by atoms with E-state index < -0.39 is 0 Å². The van der Waals surface area contributed by atoms with Crippen molar-refractivity contribution in [2.24, 2.45) is 0 Å². The van der Waals surface area contributed by atoms with Gasteiger partial charge in [-0.1, -0.05) is 31.2 Å². The topological polar surface area (TPSA) is 12.0 Å². The molecule has 1 heterocycles. The van der Waals surface area contributed by atoms with Gasteiger partial charge >= 0.3 is 0 Å². The average molecular weight is 235 g/mol. The average Bonchev–Trinajstić information content (AvgIpc) is 2.83. The second-order valence-electron chi connectivity index (χ2n) is 4.39. The van der Waals surface area contributed by atoms with Gasteiger partial charge < -0.3 is 5.32 Å². The summed E-state index contributed by atoms with van der Waals surface area (Å²) in [6, 6.07) is 8.75. The fraction of sp³-hybridized carbons (Fsp3) is 0.571. The van der Waals surface area contributed by atoms with Gasteiger partial charge in [-0.15, -0.1) is 0 Å². The number of aryl methyl sites for hydroxylation is 1. The Labute approximate surface area is 103 Å². The zero-order chi connectivity index (χ0) is 11.2. The third-order valence-electron chi connectivity index (χ3n) is 3.21. The minimum Gasteiger partial charge on any atom is -0.312 e. The number of thioether (sulfide) groups is 1. The lowest BCUT2D eigenvalue weighted by molar-refractivity contribution is 0.643. The molecule has 1 aliphatic heterocycles. The van der Waals surface area contributed by atoms with E-state index >= 15 is 0 Å². The van der Waals surface area contributed by atoms with Crippen LogP contribution in [0.5, 0.6) is 0 Å². The van der Waals surface area contributed by atoms with Gasteiger partial charge in [0.25, 0.3) is 0 Å². The lowest BCUT2D eigenvalue weighted by atomic mass is 10.1. The van der Waals surface area contributed by atoms with E-state index in [0.29, 0.717) is 0 Å². The molecule has 1 unspecified atom stereocenters. The number of nitrogens with one attached hydrogen (secondary N) is 1. The van der Waals surface area contributed by atoms with E-state index in [1.165, 1.54) is 36.3 Å². The molecular weight excluding hydrogens is 214 g/mol. The van der Waals surface area contributed by atoms with E-state index in [1.54, 1.807) is 0 Å². The van der Waals surface area contributed by atoms with Crippen LogP contribution in [0.1, 0.15) is 30.9 Å². The molecule has 2 heteroatoms. The molecule has 1 aliphatic rings. The predicted molar refractivity (Wildman–Crippen MR) is 73.0 cm³/mol. The molecule has 0 aromatic heterocycles. The van der Waals surface area contributed by atoms with Crippen molar-refractivity contribution in [3.63, 3.8) is 0 Å². The van der Waals surface area contributed by atoms with Crippen molar-refractivity contribution in [2.75, 3.05) is 12.3 Å². The molecule has 0 spiro atoms. The molecule has 2 rings (SSSR count). The van der Waals surface area contributed by atoms with Crippen molar-refractivity contribution < 1.29 is 0 Å². The van der Waals surface area contributed by atoms with Crippen LogP contribution >= 0.6 is 11.8 Å². The highest BCUT2D eigenvalue weighted by atomic mass is 32.2. The van der Waals surface area contributed by atoms with E-state index in [2.05, 4.69) is 48.3 Å². The second-order valence-corrected chi connectivity index (χ2v) is 5.80. The van der Waals surface area contributed by atoms with Crippen LogP contribution in [-0.4, -0.2) is 17.5 Å². The maximum atomic E-state index is 3.60. The fourth-order valence-electron chi connectivity index (χ4n) is 2.25. The Hall–Kier alpha value is -0.470. The molecule has 0 amide bonds. The fourth-order valence-corrected chi connectivity index (χ4v) is 3.48. The standard InChI is InChI=1S/C14H21NS/c1-2-12-6-3-4-7-13(12)10-15-11-14-8-5-9-16-14/h3-4,6-7,14-15H,2,5,8-11H2,1H3. The summed E-state index contributed by atoms with van der Waals surface area (Å²) in [4.78, 5) is 0. The summed E-state index contributed by atoms with van der Waals surface area (Å²) >= 11 is 2.12. The van der Waals surface area contributed by atoms with Crippen LogP contribution in [0, 0.1) is 0 Å². The van der Waals surface area contributed by atoms with Crippen LogP contribution < -0.4 is 5.32 Å². The van der Waals surface area contributed by atoms with Gasteiger partial charge in [-0.3, -0.25) is 0 Å². The van der Waals surface area contributed by atoms with E-state index in [4.69, 9.17) is 0 Å². The molecule has 16 heavy (non-hydrogen) atoms. The van der Waals surface area contributed by atoms with Gasteiger partial charge in [0.15, 0.2) is 0 Å². The van der Waals surface area contributed by atoms with Crippen molar-refractivity contribution in [2.45, 2.75) is 38.0 Å². The van der Waals surface area contributed by atoms with Gasteiger partial charge in [0.05, 0.1) is 0 Å². The first-order valence-electron chi connectivity index (χ1n) is 6.29. The third-order valence-corrected chi connectivity index (χ3v) is 4.61. The Balaban J connectivity index is 1.79. The highest BCUT2D eigenvalue weighted by molar-refractivity contribution is 8.00. The van der Waals surface area contributed by atoms with E-state index in [1.807, 2.05) is 0 Å². The lowest BCUT2D eigenvalue weighted by Gasteiger charge is -2.12. The van der Waals surface area contributed by atoms with Crippen LogP contribution in [0.4, 0.5) is 0 Å². The van der Waals surface area contributed by atoms with E-state index in [-0.39, 0.29) is 0 Å². The largest absolute Gasteiger partial charge is 0.312 e. The van der Waals surface area contributed by atoms with Crippen LogP contribution in [-0.2, 0) is 13.0 Å². The van der Waals surface area contributed by atoms with Gasteiger partial charge in [0, 0.05) is 18.3 Å². The Morgan fingerprint density at radius 3 is 2.81 bits per heavy atom. The molecule has 1 N–H and O–H groups in total. The van der Waals surface area contributed by atoms with Gasteiger partial charge in [-0.2, -0.15) is 11.8 Å². The maximum Gasteiger partial charge on any atom is 0.0208 e. The molecule has 1 nitrogen and oxygen atoms in total. The number of rotatable bonds is 5. The Bertz CT molecular complexity index is 318. The molecule has 0 bridgehead atoms. The summed E-state index contributed by atoms with van der Waals surface area (Å²) in [6.45, 7) is 4.43. The van der Waals surface area contributed by atoms with Crippen LogP contribution in [0.25, 0.3) is 0 Å². The molecule has 1 saturated heterocycles. The second kappa shape index (κ2) is 6.31. The van der Waals surface area contributed by atoms with Crippen molar-refractivity contribution in [3.8, 4) is 0 Å². The summed E-state index contributed by atoms with van der Waals surface area (Å²) in [5, 5.41) is 4.45. The summed E-state index contributed by atoms with van der Waals surface area (Å²) in [5.41, 5.74) is 2.95. The van der Waals surface area contributed by atoms with Gasteiger partial charge in [0.2, 0.25) is 0 Å². The summed E-state index contributed by atoms with van der Waals surface area (Å²) < 4.78 is 0. The highest BCUT2D eigenvalue weighted by Crippen LogP contribution is 2.25. The third kappa shape index (κ3) is 3.26. The zero-order valence-electron chi connectivity index (χ0n) is 10.0. The van der Waals surface area contributed by atoms with Crippen molar-refractivity contribution >= 4 is 11.8 Å². The quantitative estimate of drug-likeness (QED) is 0.841. The summed E-state index contributed by atoms with van der Waals surface area (Å²) in [6.07, 6.45) is 3.94. The number of benzene rings is 1. The van der Waals surface area contributed by atoms with Crippen molar-refractivity contribution in [3.05, 3.63) is 35.4 Å². The molecule has 1 aromatic carbocycles. The van der Waals surface area contributed by atoms with Crippen molar-refractivity contribution in [1.82, 2.24) is 5.32 Å². The Morgan fingerprint density at radius 1 is 1.31 bits per heavy atom. The zero-order valence-corrected chi connectivity index (χ0v) is 10.9. The summed E-state index contributed by atoms with van der Waals surface area (Å²) in [5.74, 6) is 1.36. The first-order valence-corrected chi connectivity index (χ1v) is 7.34. The SMILES string of the molecule is CCc1ccccc1CNCC1CCCS1. The predicted octanol–water partition coefficient (Wildman–Crippen LogP) is 3.23. The maximum absolute atomic E-state index is 3.60. The molecule has 1 fully saturated rings. The first-order chi connectivity index (χ1) is 7.90. The van der Waals surface area contributed by atoms with E-state index in [0.717, 1.165) is 18.2 Å². The normalized spacial score (nSPS) is 20.2. The van der Waals surface area contributed by atoms with Gasteiger partial charge in [0.1, 0.15) is 0 Å². The van der Waals surface area contributed by atoms with Crippen LogP contribution in [0.15, 0.2) is 24.3 Å². The molecular formula is C14H21NS. The van der Waals surface area contributed by atoms with E-state index in [9.17, 15) is 0 Å². The van der Waals surface area contributed by atoms with Crippen LogP contribution in [0.2, 0.25) is 0 Å². The molecule has 0 aliphatic carbocycles. The number of hydrogen-bond acceptors (Lipinski definition) is 2. The number of hydrogen-bond donors (Lipinski definition) is 1. The molecule has 88 valence electrons. The molecule has 0 saturated carbocycles. The van der Waals surface area contributed by atoms with Gasteiger partial charge in [-0.25, -0.2) is 0 Å². The Morgan fingerprint density at radius 2 is 2.12 bits per heavy atom. The molecule has 1 atom stereocenters. The Kier molecular flexibility index (Phi) is 4.73. The smallest absolute Gasteiger partial charge is 0.0208 e. The highest BCUT2D eigenvalue weighted by Gasteiger charge is 2.14. The minimum atomic E-state index is 0.855. The first kappa shape index (κ1) is 12.0. The van der Waals surface area contributed by atoms with Crippen molar-refractivity contribution in [1.29, 1.82) is 0 Å². The lowest BCUT2D eigenvalue weighted by Crippen LogP contribution is -2.23. The van der Waals surface area contributed by atoms with Gasteiger partial charge in [-0.05, 0) is 36.1 Å². The van der Waals surface area contributed by atoms with Crippen LogP contribution in [0.3, 0.4) is 0 Å². The monoisotopic (exact) mass is 235 g/mol. The molecule has 1 aromatic rings. The summed E-state index contributed by atoms with van der Waals surface area (Å²) in [7, 11) is 0.